The summed E-state index contributed by atoms with van der Waals surface area (Å²) >= 11 is 0. The van der Waals surface area contributed by atoms with E-state index in [2.05, 4.69) is 31.0 Å². The van der Waals surface area contributed by atoms with Crippen molar-refractivity contribution in [2.45, 2.75) is 0 Å². The van der Waals surface area contributed by atoms with E-state index in [1.165, 1.54) is 6.20 Å². The summed E-state index contributed by atoms with van der Waals surface area (Å²) in [5, 5.41) is 20.1. The Labute approximate surface area is 107 Å². The highest BCUT2D eigenvalue weighted by atomic mass is 16.2. The third-order valence-electron chi connectivity index (χ3n) is 2.47. The lowest BCUT2D eigenvalue weighted by Gasteiger charge is -2.09. The van der Waals surface area contributed by atoms with Crippen LogP contribution in [0.3, 0.4) is 0 Å². The summed E-state index contributed by atoms with van der Waals surface area (Å²) in [6, 6.07) is 7.27. The largest absolute Gasteiger partial charge is 0.319 e. The van der Waals surface area contributed by atoms with Crippen LogP contribution in [-0.2, 0) is 0 Å². The van der Waals surface area contributed by atoms with Crippen molar-refractivity contribution >= 4 is 11.6 Å². The van der Waals surface area contributed by atoms with Gasteiger partial charge in [-0.25, -0.2) is 4.68 Å². The first kappa shape index (κ1) is 11.1. The van der Waals surface area contributed by atoms with E-state index in [1.54, 1.807) is 23.1 Å². The van der Waals surface area contributed by atoms with E-state index in [1.807, 2.05) is 18.2 Å². The number of aromatic amines is 1. The van der Waals surface area contributed by atoms with E-state index in [0.717, 1.165) is 5.69 Å². The van der Waals surface area contributed by atoms with Crippen LogP contribution in [0.15, 0.2) is 42.9 Å². The molecule has 0 aliphatic heterocycles. The van der Waals surface area contributed by atoms with Gasteiger partial charge in [0.05, 0.1) is 30.0 Å². The van der Waals surface area contributed by atoms with Gasteiger partial charge in [-0.05, 0) is 12.1 Å². The number of carbonyl (C=O) groups excluding carboxylic acids is 1. The van der Waals surface area contributed by atoms with Crippen molar-refractivity contribution in [3.05, 3.63) is 48.5 Å². The highest BCUT2D eigenvalue weighted by Crippen LogP contribution is 2.19. The van der Waals surface area contributed by atoms with Gasteiger partial charge < -0.3 is 5.32 Å². The number of hydrogen-bond acceptors (Lipinski definition) is 5. The van der Waals surface area contributed by atoms with Crippen LogP contribution in [0.2, 0.25) is 0 Å². The van der Waals surface area contributed by atoms with Crippen LogP contribution in [0.4, 0.5) is 5.69 Å². The summed E-state index contributed by atoms with van der Waals surface area (Å²) < 4.78 is 1.57. The highest BCUT2D eigenvalue weighted by molar-refractivity contribution is 6.03. The maximum Gasteiger partial charge on any atom is 0.277 e. The van der Waals surface area contributed by atoms with Crippen molar-refractivity contribution < 1.29 is 4.79 Å². The van der Waals surface area contributed by atoms with Gasteiger partial charge in [0.15, 0.2) is 5.69 Å². The molecule has 0 atom stereocenters. The zero-order valence-electron chi connectivity index (χ0n) is 9.69. The van der Waals surface area contributed by atoms with Crippen LogP contribution in [0.1, 0.15) is 10.5 Å². The van der Waals surface area contributed by atoms with Crippen molar-refractivity contribution in [1.82, 2.24) is 30.4 Å². The minimum absolute atomic E-state index is 0.216. The van der Waals surface area contributed by atoms with Gasteiger partial charge in [0.1, 0.15) is 0 Å². The van der Waals surface area contributed by atoms with E-state index in [-0.39, 0.29) is 11.6 Å². The topological polar surface area (TPSA) is 101 Å². The fraction of sp³-hybridized carbons (Fsp3) is 0. The molecule has 0 unspecified atom stereocenters. The molecule has 19 heavy (non-hydrogen) atoms. The number of benzene rings is 1. The number of nitrogens with one attached hydrogen (secondary N) is 2. The van der Waals surface area contributed by atoms with Gasteiger partial charge >= 0.3 is 0 Å². The number of hydrogen-bond donors (Lipinski definition) is 2. The molecule has 0 fully saturated rings. The molecule has 0 radical (unpaired) electrons. The predicted molar refractivity (Wildman–Crippen MR) is 65.7 cm³/mol. The van der Waals surface area contributed by atoms with Crippen LogP contribution in [0.25, 0.3) is 5.69 Å². The molecule has 0 aliphatic rings. The van der Waals surface area contributed by atoms with Crippen LogP contribution in [-0.4, -0.2) is 36.3 Å². The van der Waals surface area contributed by atoms with Gasteiger partial charge in [0.25, 0.3) is 5.91 Å². The molecule has 2 aromatic heterocycles. The Kier molecular flexibility index (Phi) is 2.73. The number of aromatic nitrogens is 6. The van der Waals surface area contributed by atoms with Crippen molar-refractivity contribution in [1.29, 1.82) is 0 Å². The lowest BCUT2D eigenvalue weighted by Crippen LogP contribution is -2.14. The zero-order chi connectivity index (χ0) is 13.1. The summed E-state index contributed by atoms with van der Waals surface area (Å²) in [5.41, 5.74) is 1.55. The van der Waals surface area contributed by atoms with Crippen molar-refractivity contribution in [3.8, 4) is 5.69 Å². The zero-order valence-corrected chi connectivity index (χ0v) is 9.69. The molecule has 1 aromatic carbocycles. The van der Waals surface area contributed by atoms with Crippen molar-refractivity contribution in [2.24, 2.45) is 0 Å². The number of para-hydroxylation sites is 2. The molecule has 0 saturated heterocycles. The molecule has 3 rings (SSSR count). The summed E-state index contributed by atoms with van der Waals surface area (Å²) in [6.45, 7) is 0. The summed E-state index contributed by atoms with van der Waals surface area (Å²) in [5.74, 6) is -0.346. The Morgan fingerprint density at radius 2 is 2.21 bits per heavy atom. The summed E-state index contributed by atoms with van der Waals surface area (Å²) in [4.78, 5) is 11.9. The normalized spacial score (nSPS) is 10.3. The quantitative estimate of drug-likeness (QED) is 0.715. The second-order valence-electron chi connectivity index (χ2n) is 3.67. The maximum absolute atomic E-state index is 11.9. The van der Waals surface area contributed by atoms with Crippen molar-refractivity contribution in [3.63, 3.8) is 0 Å². The number of rotatable bonds is 3. The third kappa shape index (κ3) is 2.18. The fourth-order valence-corrected chi connectivity index (χ4v) is 1.61. The molecule has 2 N–H and O–H groups in total. The second-order valence-corrected chi connectivity index (χ2v) is 3.67. The molecule has 0 saturated carbocycles. The molecule has 8 heteroatoms. The second kappa shape index (κ2) is 4.69. The SMILES string of the molecule is O=C(Nc1ccccc1-n1ccnn1)c1cn[nH]n1. The molecule has 94 valence electrons. The average molecular weight is 255 g/mol. The van der Waals surface area contributed by atoms with E-state index in [0.29, 0.717) is 5.69 Å². The van der Waals surface area contributed by atoms with Gasteiger partial charge in [0, 0.05) is 0 Å². The molecule has 2 heterocycles. The van der Waals surface area contributed by atoms with Gasteiger partial charge in [-0.3, -0.25) is 4.79 Å². The van der Waals surface area contributed by atoms with Gasteiger partial charge in [-0.15, -0.1) is 5.10 Å². The number of H-pyrrole nitrogens is 1. The van der Waals surface area contributed by atoms with E-state index < -0.39 is 0 Å². The summed E-state index contributed by atoms with van der Waals surface area (Å²) in [6.07, 6.45) is 4.62. The number of anilines is 1. The maximum atomic E-state index is 11.9. The Hall–Kier alpha value is -3.03. The van der Waals surface area contributed by atoms with E-state index in [4.69, 9.17) is 0 Å². The first-order chi connectivity index (χ1) is 9.34. The fourth-order valence-electron chi connectivity index (χ4n) is 1.61. The smallest absolute Gasteiger partial charge is 0.277 e. The lowest BCUT2D eigenvalue weighted by molar-refractivity contribution is 0.102. The van der Waals surface area contributed by atoms with E-state index in [9.17, 15) is 4.79 Å². The minimum Gasteiger partial charge on any atom is -0.319 e. The Morgan fingerprint density at radius 1 is 1.32 bits per heavy atom. The number of amides is 1. The lowest BCUT2D eigenvalue weighted by atomic mass is 10.2. The minimum atomic E-state index is -0.346. The Morgan fingerprint density at radius 3 is 2.95 bits per heavy atom. The molecule has 1 amide bonds. The highest BCUT2D eigenvalue weighted by Gasteiger charge is 2.12. The molecule has 0 bridgehead atoms. The molecule has 0 aliphatic carbocycles. The van der Waals surface area contributed by atoms with Crippen LogP contribution in [0, 0.1) is 0 Å². The Bertz CT molecular complexity index is 675. The molecule has 3 aromatic rings. The number of nitrogens with zero attached hydrogens (tertiary/aromatic N) is 5. The summed E-state index contributed by atoms with van der Waals surface area (Å²) in [7, 11) is 0. The van der Waals surface area contributed by atoms with Crippen molar-refractivity contribution in [2.75, 3.05) is 5.32 Å². The Balaban J connectivity index is 1.92. The average Bonchev–Trinajstić information content (AvgIpc) is 3.13. The van der Waals surface area contributed by atoms with Gasteiger partial charge in [-0.1, -0.05) is 17.3 Å². The number of carbonyl (C=O) groups is 1. The molecular weight excluding hydrogens is 246 g/mol. The van der Waals surface area contributed by atoms with Crippen LogP contribution >= 0.6 is 0 Å². The monoisotopic (exact) mass is 255 g/mol. The molecule has 8 nitrogen and oxygen atoms in total. The third-order valence-corrected chi connectivity index (χ3v) is 2.47. The first-order valence-corrected chi connectivity index (χ1v) is 5.47. The van der Waals surface area contributed by atoms with Gasteiger partial charge in [-0.2, -0.15) is 15.4 Å². The predicted octanol–water partition coefficient (Wildman–Crippen LogP) is 0.638. The van der Waals surface area contributed by atoms with E-state index >= 15 is 0 Å². The first-order valence-electron chi connectivity index (χ1n) is 5.47. The molecular formula is C11H9N7O. The standard InChI is InChI=1S/C11H9N7O/c19-11(9-7-13-16-15-9)14-8-3-1-2-4-10(8)18-6-5-12-17-18/h1-7H,(H,14,19)(H,13,15,16). The van der Waals surface area contributed by atoms with Crippen LogP contribution < -0.4 is 5.32 Å². The molecule has 0 spiro atoms. The van der Waals surface area contributed by atoms with Crippen LogP contribution in [0.5, 0.6) is 0 Å². The van der Waals surface area contributed by atoms with Gasteiger partial charge in [0.2, 0.25) is 0 Å².